The van der Waals surface area contributed by atoms with E-state index >= 15 is 0 Å². The zero-order chi connectivity index (χ0) is 24.8. The normalized spacial score (nSPS) is 15.9. The van der Waals surface area contributed by atoms with Gasteiger partial charge in [-0.15, -0.1) is 0 Å². The van der Waals surface area contributed by atoms with E-state index in [0.29, 0.717) is 41.7 Å². The van der Waals surface area contributed by atoms with E-state index in [4.69, 9.17) is 9.47 Å². The van der Waals surface area contributed by atoms with Crippen LogP contribution in [0.5, 0.6) is 17.4 Å². The molecule has 2 aromatic carbocycles. The van der Waals surface area contributed by atoms with Gasteiger partial charge in [-0.2, -0.15) is 0 Å². The maximum atomic E-state index is 13.5. The minimum Gasteiger partial charge on any atom is -0.493 e. The third-order valence-electron chi connectivity index (χ3n) is 6.06. The smallest absolute Gasteiger partial charge is 0.252 e. The number of ether oxygens (including phenoxy) is 2. The highest BCUT2D eigenvalue weighted by Gasteiger charge is 2.37. The number of aromatic nitrogens is 2. The van der Waals surface area contributed by atoms with Gasteiger partial charge in [0.25, 0.3) is 5.91 Å². The molecule has 0 unspecified atom stereocenters. The first-order chi connectivity index (χ1) is 16.9. The summed E-state index contributed by atoms with van der Waals surface area (Å²) in [5, 5.41) is 2.88. The Labute approximate surface area is 205 Å². The summed E-state index contributed by atoms with van der Waals surface area (Å²) in [7, 11) is 1.59. The number of hydrogen-bond donors (Lipinski definition) is 1. The monoisotopic (exact) mass is 474 g/mol. The van der Waals surface area contributed by atoms with Crippen LogP contribution in [0.25, 0.3) is 0 Å². The van der Waals surface area contributed by atoms with Crippen molar-refractivity contribution in [3.8, 4) is 17.4 Å². The molecule has 3 aromatic rings. The molecule has 1 aliphatic rings. The molecule has 0 saturated carbocycles. The summed E-state index contributed by atoms with van der Waals surface area (Å²) < 4.78 is 11.5. The number of para-hydroxylation sites is 2. The van der Waals surface area contributed by atoms with Crippen LogP contribution >= 0.6 is 0 Å². The standard InChI is InChI=1S/C27H30N4O4/c1-27(2,30-24(32)19-10-5-4-6-11-19)26(33)31-17-9-12-20(18-31)23-25(29-16-15-28-23)35-22-14-8-7-13-21(22)34-3/h4-8,10-11,13-16,20H,9,12,17-18H2,1-3H3,(H,30,32)/t20-/m1/s1. The SMILES string of the molecule is COc1ccccc1Oc1nccnc1[C@@H]1CCCN(C(=O)C(C)(C)NC(=O)c2ccccc2)C1. The van der Waals surface area contributed by atoms with Crippen LogP contribution in [0.1, 0.15) is 48.7 Å². The molecule has 0 aliphatic carbocycles. The minimum atomic E-state index is -1.06. The van der Waals surface area contributed by atoms with Crippen molar-refractivity contribution in [3.63, 3.8) is 0 Å². The number of nitrogens with one attached hydrogen (secondary N) is 1. The van der Waals surface area contributed by atoms with Gasteiger partial charge >= 0.3 is 0 Å². The molecular formula is C27H30N4O4. The van der Waals surface area contributed by atoms with E-state index in [9.17, 15) is 9.59 Å². The van der Waals surface area contributed by atoms with E-state index in [-0.39, 0.29) is 17.7 Å². The molecule has 8 heteroatoms. The van der Waals surface area contributed by atoms with Crippen molar-refractivity contribution >= 4 is 11.8 Å². The fraction of sp³-hybridized carbons (Fsp3) is 0.333. The van der Waals surface area contributed by atoms with Crippen LogP contribution in [0.3, 0.4) is 0 Å². The fourth-order valence-electron chi connectivity index (χ4n) is 4.28. The van der Waals surface area contributed by atoms with E-state index in [1.54, 1.807) is 62.5 Å². The van der Waals surface area contributed by atoms with Crippen molar-refractivity contribution < 1.29 is 19.1 Å². The molecule has 2 heterocycles. The number of nitrogens with zero attached hydrogens (tertiary/aromatic N) is 3. The summed E-state index contributed by atoms with van der Waals surface area (Å²) in [6.07, 6.45) is 4.88. The molecule has 35 heavy (non-hydrogen) atoms. The summed E-state index contributed by atoms with van der Waals surface area (Å²) in [6, 6.07) is 16.2. The second kappa shape index (κ2) is 10.5. The van der Waals surface area contributed by atoms with Crippen molar-refractivity contribution in [3.05, 3.63) is 78.2 Å². The van der Waals surface area contributed by atoms with Crippen LogP contribution in [-0.2, 0) is 4.79 Å². The molecule has 1 saturated heterocycles. The maximum Gasteiger partial charge on any atom is 0.252 e. The molecule has 1 fully saturated rings. The predicted octanol–water partition coefficient (Wildman–Crippen LogP) is 4.19. The lowest BCUT2D eigenvalue weighted by Gasteiger charge is -2.37. The highest BCUT2D eigenvalue weighted by Crippen LogP contribution is 2.36. The highest BCUT2D eigenvalue weighted by atomic mass is 16.5. The predicted molar refractivity (Wildman–Crippen MR) is 132 cm³/mol. The molecule has 8 nitrogen and oxygen atoms in total. The zero-order valence-corrected chi connectivity index (χ0v) is 20.2. The van der Waals surface area contributed by atoms with E-state index in [0.717, 1.165) is 12.8 Å². The topological polar surface area (TPSA) is 93.7 Å². The quantitative estimate of drug-likeness (QED) is 0.552. The number of methoxy groups -OCH3 is 1. The molecular weight excluding hydrogens is 444 g/mol. The van der Waals surface area contributed by atoms with Crippen LogP contribution in [0.15, 0.2) is 67.0 Å². The number of amides is 2. The Morgan fingerprint density at radius 2 is 1.69 bits per heavy atom. The second-order valence-corrected chi connectivity index (χ2v) is 9.04. The van der Waals surface area contributed by atoms with Gasteiger partial charge in [-0.1, -0.05) is 30.3 Å². The molecule has 1 aromatic heterocycles. The van der Waals surface area contributed by atoms with Crippen LogP contribution in [-0.4, -0.2) is 52.4 Å². The molecule has 2 amide bonds. The molecule has 1 atom stereocenters. The first kappa shape index (κ1) is 24.2. The van der Waals surface area contributed by atoms with Crippen molar-refractivity contribution in [2.75, 3.05) is 20.2 Å². The Kier molecular flexibility index (Phi) is 7.29. The first-order valence-corrected chi connectivity index (χ1v) is 11.7. The Balaban J connectivity index is 1.49. The average molecular weight is 475 g/mol. The summed E-state index contributed by atoms with van der Waals surface area (Å²) in [4.78, 5) is 36.9. The Bertz CT molecular complexity index is 1180. The summed E-state index contributed by atoms with van der Waals surface area (Å²) >= 11 is 0. The lowest BCUT2D eigenvalue weighted by molar-refractivity contribution is -0.138. The maximum absolute atomic E-state index is 13.5. The lowest BCUT2D eigenvalue weighted by atomic mass is 9.92. The average Bonchev–Trinajstić information content (AvgIpc) is 2.89. The van der Waals surface area contributed by atoms with Gasteiger partial charge in [-0.05, 0) is 51.0 Å². The number of hydrogen-bond acceptors (Lipinski definition) is 6. The number of carbonyl (C=O) groups is 2. The fourth-order valence-corrected chi connectivity index (χ4v) is 4.28. The molecule has 4 rings (SSSR count). The van der Waals surface area contributed by atoms with E-state index in [2.05, 4.69) is 15.3 Å². The summed E-state index contributed by atoms with van der Waals surface area (Å²) in [5.74, 6) is 1.08. The van der Waals surface area contributed by atoms with Crippen LogP contribution < -0.4 is 14.8 Å². The number of rotatable bonds is 7. The Hall–Kier alpha value is -3.94. The number of benzene rings is 2. The molecule has 0 spiro atoms. The summed E-state index contributed by atoms with van der Waals surface area (Å²) in [5.41, 5.74) is 0.151. The third kappa shape index (κ3) is 5.59. The van der Waals surface area contributed by atoms with Crippen molar-refractivity contribution in [1.29, 1.82) is 0 Å². The van der Waals surface area contributed by atoms with Gasteiger partial charge in [-0.3, -0.25) is 14.6 Å². The van der Waals surface area contributed by atoms with Gasteiger partial charge in [0.05, 0.1) is 7.11 Å². The van der Waals surface area contributed by atoms with E-state index < -0.39 is 5.54 Å². The molecule has 0 radical (unpaired) electrons. The van der Waals surface area contributed by atoms with Gasteiger partial charge in [-0.25, -0.2) is 4.98 Å². The van der Waals surface area contributed by atoms with Gasteiger partial charge in [0.2, 0.25) is 11.8 Å². The van der Waals surface area contributed by atoms with Gasteiger partial charge in [0.15, 0.2) is 11.5 Å². The second-order valence-electron chi connectivity index (χ2n) is 9.04. The van der Waals surface area contributed by atoms with Crippen molar-refractivity contribution in [2.24, 2.45) is 0 Å². The van der Waals surface area contributed by atoms with Crippen LogP contribution in [0, 0.1) is 0 Å². The largest absolute Gasteiger partial charge is 0.493 e. The highest BCUT2D eigenvalue weighted by molar-refractivity contribution is 5.98. The molecule has 0 bridgehead atoms. The summed E-state index contributed by atoms with van der Waals surface area (Å²) in [6.45, 7) is 4.55. The van der Waals surface area contributed by atoms with Crippen LogP contribution in [0.4, 0.5) is 0 Å². The van der Waals surface area contributed by atoms with Gasteiger partial charge in [0, 0.05) is 37.0 Å². The van der Waals surface area contributed by atoms with Crippen molar-refractivity contribution in [1.82, 2.24) is 20.2 Å². The first-order valence-electron chi connectivity index (χ1n) is 11.7. The lowest BCUT2D eigenvalue weighted by Crippen LogP contribution is -2.57. The Morgan fingerprint density at radius 1 is 1.00 bits per heavy atom. The molecule has 182 valence electrons. The molecule has 1 N–H and O–H groups in total. The molecule has 1 aliphatic heterocycles. The minimum absolute atomic E-state index is 0.0493. The van der Waals surface area contributed by atoms with Crippen LogP contribution in [0.2, 0.25) is 0 Å². The third-order valence-corrected chi connectivity index (χ3v) is 6.06. The number of likely N-dealkylation sites (tertiary alicyclic amines) is 1. The zero-order valence-electron chi connectivity index (χ0n) is 20.2. The van der Waals surface area contributed by atoms with Crippen molar-refractivity contribution in [2.45, 2.75) is 38.1 Å². The van der Waals surface area contributed by atoms with E-state index in [1.165, 1.54) is 0 Å². The van der Waals surface area contributed by atoms with Gasteiger partial charge < -0.3 is 19.7 Å². The Morgan fingerprint density at radius 3 is 2.43 bits per heavy atom. The number of piperidine rings is 1. The van der Waals surface area contributed by atoms with Gasteiger partial charge in [0.1, 0.15) is 11.2 Å². The number of carbonyl (C=O) groups excluding carboxylic acids is 2. The van der Waals surface area contributed by atoms with E-state index in [1.807, 2.05) is 30.3 Å².